The highest BCUT2D eigenvalue weighted by Gasteiger charge is 1.98. The summed E-state index contributed by atoms with van der Waals surface area (Å²) in [6.45, 7) is 0. The number of hydrogen-bond acceptors (Lipinski definition) is 2. The lowest BCUT2D eigenvalue weighted by Crippen LogP contribution is -1.93. The van der Waals surface area contributed by atoms with E-state index in [0.29, 0.717) is 12.0 Å². The second-order valence-electron chi connectivity index (χ2n) is 3.27. The van der Waals surface area contributed by atoms with E-state index in [-0.39, 0.29) is 5.56 Å². The highest BCUT2D eigenvalue weighted by atomic mass is 16.1. The summed E-state index contributed by atoms with van der Waals surface area (Å²) in [6, 6.07) is 10.9. The van der Waals surface area contributed by atoms with Crippen molar-refractivity contribution in [3.63, 3.8) is 0 Å². The Morgan fingerprint density at radius 2 is 1.93 bits per heavy atom. The molecule has 0 saturated carbocycles. The molecule has 74 valence electrons. The number of benzene rings is 1. The molecule has 0 bridgehead atoms. The first-order valence-corrected chi connectivity index (χ1v) is 4.53. The predicted octanol–water partition coefficient (Wildman–Crippen LogP) is 1.17. The van der Waals surface area contributed by atoms with Crippen molar-refractivity contribution in [3.8, 4) is 6.07 Å². The fourth-order valence-corrected chi connectivity index (χ4v) is 1.38. The molecule has 4 nitrogen and oxygen atoms in total. The Kier molecular flexibility index (Phi) is 2.38. The molecular weight excluding hydrogens is 190 g/mol. The second-order valence-corrected chi connectivity index (χ2v) is 3.27. The van der Waals surface area contributed by atoms with Gasteiger partial charge in [-0.15, -0.1) is 0 Å². The van der Waals surface area contributed by atoms with Gasteiger partial charge in [-0.2, -0.15) is 5.26 Å². The highest BCUT2D eigenvalue weighted by Crippen LogP contribution is 2.07. The predicted molar refractivity (Wildman–Crippen MR) is 55.4 cm³/mol. The van der Waals surface area contributed by atoms with Crippen LogP contribution in [0.3, 0.4) is 0 Å². The summed E-state index contributed by atoms with van der Waals surface area (Å²) in [5.41, 5.74) is 2.41. The number of nitrogens with one attached hydrogen (secondary N) is 2. The molecule has 2 N–H and O–H groups in total. The third-order valence-corrected chi connectivity index (χ3v) is 2.13. The van der Waals surface area contributed by atoms with E-state index in [1.807, 2.05) is 12.1 Å². The van der Waals surface area contributed by atoms with Crippen molar-refractivity contribution in [2.75, 3.05) is 0 Å². The van der Waals surface area contributed by atoms with Gasteiger partial charge in [0.15, 0.2) is 0 Å². The standard InChI is InChI=1S/C11H9N3O/c12-7-9-3-1-8(2-4-9)5-10-6-11(15)14-13-10/h1-4,6H,5H2,(H2,13,14,15). The average molecular weight is 199 g/mol. The maximum Gasteiger partial charge on any atom is 0.264 e. The molecule has 0 atom stereocenters. The van der Waals surface area contributed by atoms with Crippen LogP contribution in [0.1, 0.15) is 16.8 Å². The van der Waals surface area contributed by atoms with Gasteiger partial charge in [-0.1, -0.05) is 12.1 Å². The first-order chi connectivity index (χ1) is 7.28. The zero-order chi connectivity index (χ0) is 10.7. The van der Waals surface area contributed by atoms with E-state index < -0.39 is 0 Å². The van der Waals surface area contributed by atoms with Crippen molar-refractivity contribution >= 4 is 0 Å². The third kappa shape index (κ3) is 2.15. The van der Waals surface area contributed by atoms with Gasteiger partial charge < -0.3 is 5.10 Å². The van der Waals surface area contributed by atoms with Crippen LogP contribution < -0.4 is 5.56 Å². The van der Waals surface area contributed by atoms with E-state index in [1.165, 1.54) is 6.07 Å². The van der Waals surface area contributed by atoms with Crippen molar-refractivity contribution in [1.29, 1.82) is 5.26 Å². The van der Waals surface area contributed by atoms with Crippen LogP contribution in [0.2, 0.25) is 0 Å². The molecule has 0 aliphatic carbocycles. The number of aromatic amines is 2. The van der Waals surface area contributed by atoms with Gasteiger partial charge in [0.25, 0.3) is 5.56 Å². The fraction of sp³-hybridized carbons (Fsp3) is 0.0909. The van der Waals surface area contributed by atoms with Crippen LogP contribution in [0.4, 0.5) is 0 Å². The van der Waals surface area contributed by atoms with Crippen molar-refractivity contribution in [3.05, 3.63) is 57.5 Å². The van der Waals surface area contributed by atoms with Gasteiger partial charge in [0.1, 0.15) is 0 Å². The van der Waals surface area contributed by atoms with Crippen LogP contribution in [0, 0.1) is 11.3 Å². The molecule has 15 heavy (non-hydrogen) atoms. The molecule has 0 radical (unpaired) electrons. The van der Waals surface area contributed by atoms with Gasteiger partial charge in [0, 0.05) is 18.2 Å². The van der Waals surface area contributed by atoms with Gasteiger partial charge in [-0.05, 0) is 17.7 Å². The summed E-state index contributed by atoms with van der Waals surface area (Å²) >= 11 is 0. The SMILES string of the molecule is N#Cc1ccc(Cc2cc(=O)[nH][nH]2)cc1. The molecule has 0 spiro atoms. The lowest BCUT2D eigenvalue weighted by Gasteiger charge is -1.97. The van der Waals surface area contributed by atoms with Gasteiger partial charge in [0.05, 0.1) is 11.6 Å². The molecule has 1 heterocycles. The zero-order valence-corrected chi connectivity index (χ0v) is 7.95. The van der Waals surface area contributed by atoms with Gasteiger partial charge in [-0.25, -0.2) is 0 Å². The minimum Gasteiger partial charge on any atom is -0.302 e. The zero-order valence-electron chi connectivity index (χ0n) is 7.95. The molecular formula is C11H9N3O. The Bertz CT molecular complexity index is 542. The number of aromatic nitrogens is 2. The third-order valence-electron chi connectivity index (χ3n) is 2.13. The summed E-state index contributed by atoms with van der Waals surface area (Å²) in [6.07, 6.45) is 0.657. The van der Waals surface area contributed by atoms with E-state index in [4.69, 9.17) is 5.26 Å². The van der Waals surface area contributed by atoms with E-state index in [2.05, 4.69) is 16.3 Å². The van der Waals surface area contributed by atoms with Crippen molar-refractivity contribution < 1.29 is 0 Å². The van der Waals surface area contributed by atoms with Crippen LogP contribution in [-0.4, -0.2) is 10.2 Å². The number of nitriles is 1. The Morgan fingerprint density at radius 3 is 2.47 bits per heavy atom. The van der Waals surface area contributed by atoms with E-state index in [9.17, 15) is 4.79 Å². The first kappa shape index (κ1) is 9.28. The molecule has 0 aliphatic heterocycles. The van der Waals surface area contributed by atoms with Crippen LogP contribution in [0.25, 0.3) is 0 Å². The molecule has 0 amide bonds. The number of nitrogens with zero attached hydrogens (tertiary/aromatic N) is 1. The van der Waals surface area contributed by atoms with Crippen LogP contribution in [-0.2, 0) is 6.42 Å². The fourth-order valence-electron chi connectivity index (χ4n) is 1.38. The minimum atomic E-state index is -0.126. The van der Waals surface area contributed by atoms with Crippen molar-refractivity contribution in [2.45, 2.75) is 6.42 Å². The van der Waals surface area contributed by atoms with Gasteiger partial charge in [-0.3, -0.25) is 9.89 Å². The summed E-state index contributed by atoms with van der Waals surface area (Å²) in [5, 5.41) is 13.9. The largest absolute Gasteiger partial charge is 0.302 e. The summed E-state index contributed by atoms with van der Waals surface area (Å²) in [4.78, 5) is 10.9. The maximum absolute atomic E-state index is 10.9. The lowest BCUT2D eigenvalue weighted by molar-refractivity contribution is 0.983. The average Bonchev–Trinajstić information content (AvgIpc) is 2.65. The van der Waals surface area contributed by atoms with Crippen molar-refractivity contribution in [1.82, 2.24) is 10.2 Å². The van der Waals surface area contributed by atoms with Gasteiger partial charge in [0.2, 0.25) is 0 Å². The second kappa shape index (κ2) is 3.84. The smallest absolute Gasteiger partial charge is 0.264 e. The Morgan fingerprint density at radius 1 is 1.20 bits per heavy atom. The highest BCUT2D eigenvalue weighted by molar-refractivity contribution is 5.32. The van der Waals surface area contributed by atoms with E-state index in [1.54, 1.807) is 12.1 Å². The Balaban J connectivity index is 2.18. The quantitative estimate of drug-likeness (QED) is 0.761. The molecule has 0 unspecified atom stereocenters. The Hall–Kier alpha value is -2.28. The number of hydrogen-bond donors (Lipinski definition) is 2. The Labute approximate surface area is 86.2 Å². The molecule has 0 fully saturated rings. The molecule has 0 aliphatic rings. The molecule has 4 heteroatoms. The number of H-pyrrole nitrogens is 2. The van der Waals surface area contributed by atoms with Crippen LogP contribution >= 0.6 is 0 Å². The van der Waals surface area contributed by atoms with E-state index >= 15 is 0 Å². The molecule has 0 saturated heterocycles. The molecule has 1 aromatic heterocycles. The van der Waals surface area contributed by atoms with Gasteiger partial charge >= 0.3 is 0 Å². The maximum atomic E-state index is 10.9. The first-order valence-electron chi connectivity index (χ1n) is 4.53. The minimum absolute atomic E-state index is 0.126. The summed E-state index contributed by atoms with van der Waals surface area (Å²) < 4.78 is 0. The lowest BCUT2D eigenvalue weighted by atomic mass is 10.1. The molecule has 2 aromatic rings. The topological polar surface area (TPSA) is 72.4 Å². The van der Waals surface area contributed by atoms with Crippen molar-refractivity contribution in [2.24, 2.45) is 0 Å². The van der Waals surface area contributed by atoms with Crippen LogP contribution in [0.15, 0.2) is 35.1 Å². The summed E-state index contributed by atoms with van der Waals surface area (Å²) in [7, 11) is 0. The molecule has 1 aromatic carbocycles. The summed E-state index contributed by atoms with van der Waals surface area (Å²) in [5.74, 6) is 0. The monoisotopic (exact) mass is 199 g/mol. The number of rotatable bonds is 2. The van der Waals surface area contributed by atoms with Crippen LogP contribution in [0.5, 0.6) is 0 Å². The van der Waals surface area contributed by atoms with E-state index in [0.717, 1.165) is 11.3 Å². The normalized spacial score (nSPS) is 9.80. The molecule has 2 rings (SSSR count).